The number of benzene rings is 2. The van der Waals surface area contributed by atoms with E-state index in [2.05, 4.69) is 29.1 Å². The number of thiazole rings is 1. The number of unbranched alkanes of at least 4 members (excludes halogenated alkanes) is 1. The Hall–Kier alpha value is -3.40. The zero-order valence-corrected chi connectivity index (χ0v) is 24.1. The molecular weight excluding hydrogens is 524 g/mol. The third kappa shape index (κ3) is 5.46. The molecule has 0 spiro atoms. The van der Waals surface area contributed by atoms with Crippen LogP contribution in [-0.2, 0) is 13.0 Å². The minimum Gasteiger partial charge on any atom is -0.493 e. The lowest BCUT2D eigenvalue weighted by Gasteiger charge is -2.46. The number of nitrogens with zero attached hydrogens (tertiary/aromatic N) is 4. The molecule has 0 amide bonds. The summed E-state index contributed by atoms with van der Waals surface area (Å²) in [5, 5.41) is 39.8. The number of rotatable bonds is 12. The Morgan fingerprint density at radius 1 is 0.950 bits per heavy atom. The monoisotopic (exact) mass is 562 g/mol. The lowest BCUT2D eigenvalue weighted by molar-refractivity contribution is -0.0790. The van der Waals surface area contributed by atoms with Crippen LogP contribution in [0.4, 0.5) is 5.13 Å². The summed E-state index contributed by atoms with van der Waals surface area (Å²) in [6.45, 7) is 5.34. The largest absolute Gasteiger partial charge is 0.493 e. The quantitative estimate of drug-likeness (QED) is 0.199. The van der Waals surface area contributed by atoms with Crippen molar-refractivity contribution in [1.29, 1.82) is 0 Å². The first-order valence-corrected chi connectivity index (χ1v) is 14.9. The van der Waals surface area contributed by atoms with Gasteiger partial charge in [-0.1, -0.05) is 86.6 Å². The van der Waals surface area contributed by atoms with Crippen LogP contribution >= 0.6 is 11.3 Å². The average Bonchev–Trinajstić information content (AvgIpc) is 3.51. The predicted octanol–water partition coefficient (Wildman–Crippen LogP) is 5.41. The van der Waals surface area contributed by atoms with Gasteiger partial charge in [0.15, 0.2) is 5.13 Å². The lowest BCUT2D eigenvalue weighted by Crippen LogP contribution is -2.51. The van der Waals surface area contributed by atoms with Crippen molar-refractivity contribution in [3.8, 4) is 17.4 Å². The molecular formula is C31H38N4O4S. The third-order valence-electron chi connectivity index (χ3n) is 7.50. The summed E-state index contributed by atoms with van der Waals surface area (Å²) in [5.41, 5.74) is 3.09. The second-order valence-electron chi connectivity index (χ2n) is 10.4. The molecule has 4 aromatic rings. The minimum absolute atomic E-state index is 0.0387. The van der Waals surface area contributed by atoms with E-state index in [-0.39, 0.29) is 5.88 Å². The van der Waals surface area contributed by atoms with Crippen molar-refractivity contribution in [3.05, 3.63) is 82.4 Å². The van der Waals surface area contributed by atoms with Gasteiger partial charge in [-0.15, -0.1) is 0 Å². The van der Waals surface area contributed by atoms with Gasteiger partial charge in [-0.2, -0.15) is 10.1 Å². The van der Waals surface area contributed by atoms with E-state index in [9.17, 15) is 15.3 Å². The molecule has 212 valence electrons. The first-order valence-electron chi connectivity index (χ1n) is 14.0. The summed E-state index contributed by atoms with van der Waals surface area (Å²) >= 11 is 1.44. The van der Waals surface area contributed by atoms with E-state index in [1.807, 2.05) is 62.5 Å². The average molecular weight is 563 g/mol. The number of aryl methyl sites for hydroxylation is 1. The Morgan fingerprint density at radius 3 is 2.27 bits per heavy atom. The Bertz CT molecular complexity index is 1380. The van der Waals surface area contributed by atoms with E-state index in [0.717, 1.165) is 40.5 Å². The van der Waals surface area contributed by atoms with Crippen LogP contribution in [0.5, 0.6) is 11.8 Å². The molecule has 1 aliphatic rings. The molecule has 3 N–H and O–H groups in total. The first kappa shape index (κ1) is 28.1. The molecule has 0 radical (unpaired) electrons. The zero-order chi connectivity index (χ0) is 28.2. The molecule has 40 heavy (non-hydrogen) atoms. The number of aromatic nitrogens is 3. The normalized spacial score (nSPS) is 20.3. The molecule has 2 heterocycles. The standard InChI is InChI=1S/C31H38N4O4S/c1-4-6-18-39-29-28(40-31(32-29)34(3)19-20-14-9-7-10-15-20)25-26(36)24(27(25)37)23-22(13-5-2)33-35(30(23)38)21-16-11-8-12-17-21/h7-12,14-17,24-27,36-38H,4-6,13,18-19H2,1-3H3. The number of ether oxygens (including phenoxy) is 1. The highest BCUT2D eigenvalue weighted by Gasteiger charge is 2.55. The van der Waals surface area contributed by atoms with Crippen LogP contribution in [0, 0.1) is 0 Å². The molecule has 1 saturated carbocycles. The molecule has 0 aliphatic heterocycles. The fourth-order valence-corrected chi connectivity index (χ4v) is 6.51. The van der Waals surface area contributed by atoms with Gasteiger partial charge < -0.3 is 25.0 Å². The van der Waals surface area contributed by atoms with Gasteiger partial charge in [0.2, 0.25) is 11.8 Å². The number of para-hydroxylation sites is 1. The van der Waals surface area contributed by atoms with Crippen molar-refractivity contribution in [3.63, 3.8) is 0 Å². The SMILES string of the molecule is CCCCOc1nc(N(C)Cc2ccccc2)sc1C1C(O)C(c2c(CCC)nn(-c3ccccc3)c2O)C1O. The van der Waals surface area contributed by atoms with Crippen molar-refractivity contribution in [2.24, 2.45) is 0 Å². The fraction of sp³-hybridized carbons (Fsp3) is 0.419. The number of aliphatic hydroxyl groups is 2. The molecule has 0 saturated heterocycles. The third-order valence-corrected chi connectivity index (χ3v) is 8.76. The van der Waals surface area contributed by atoms with Crippen LogP contribution < -0.4 is 9.64 Å². The highest BCUT2D eigenvalue weighted by molar-refractivity contribution is 7.16. The van der Waals surface area contributed by atoms with Crippen molar-refractivity contribution in [1.82, 2.24) is 14.8 Å². The molecule has 2 aromatic heterocycles. The van der Waals surface area contributed by atoms with Gasteiger partial charge in [0.05, 0.1) is 41.0 Å². The molecule has 8 nitrogen and oxygen atoms in total. The maximum Gasteiger partial charge on any atom is 0.230 e. The van der Waals surface area contributed by atoms with Crippen LogP contribution in [0.3, 0.4) is 0 Å². The molecule has 5 rings (SSSR count). The summed E-state index contributed by atoms with van der Waals surface area (Å²) < 4.78 is 7.58. The van der Waals surface area contributed by atoms with Crippen molar-refractivity contribution in [2.45, 2.75) is 70.1 Å². The fourth-order valence-electron chi connectivity index (χ4n) is 5.36. The maximum atomic E-state index is 11.5. The van der Waals surface area contributed by atoms with Gasteiger partial charge in [0.1, 0.15) is 0 Å². The number of hydrogen-bond donors (Lipinski definition) is 3. The van der Waals surface area contributed by atoms with Gasteiger partial charge in [0, 0.05) is 25.1 Å². The van der Waals surface area contributed by atoms with E-state index >= 15 is 0 Å². The zero-order valence-electron chi connectivity index (χ0n) is 23.3. The van der Waals surface area contributed by atoms with Gasteiger partial charge >= 0.3 is 0 Å². The van der Waals surface area contributed by atoms with Crippen molar-refractivity contribution < 1.29 is 20.1 Å². The maximum absolute atomic E-state index is 11.5. The topological polar surface area (TPSA) is 104 Å². The van der Waals surface area contributed by atoms with E-state index in [0.29, 0.717) is 36.7 Å². The Labute approximate surface area is 239 Å². The summed E-state index contributed by atoms with van der Waals surface area (Å²) in [6.07, 6.45) is 1.47. The molecule has 2 atom stereocenters. The van der Waals surface area contributed by atoms with E-state index in [1.165, 1.54) is 16.0 Å². The Balaban J connectivity index is 1.44. The molecule has 1 aliphatic carbocycles. The summed E-state index contributed by atoms with van der Waals surface area (Å²) in [5.74, 6) is -0.817. The summed E-state index contributed by atoms with van der Waals surface area (Å²) in [7, 11) is 1.98. The molecule has 1 fully saturated rings. The van der Waals surface area contributed by atoms with Crippen LogP contribution in [-0.4, -0.2) is 55.9 Å². The van der Waals surface area contributed by atoms with E-state index in [4.69, 9.17) is 9.72 Å². The first-order chi connectivity index (χ1) is 19.4. The molecule has 2 aromatic carbocycles. The van der Waals surface area contributed by atoms with Crippen LogP contribution in [0.2, 0.25) is 0 Å². The Morgan fingerprint density at radius 2 is 1.62 bits per heavy atom. The second kappa shape index (κ2) is 12.4. The lowest BCUT2D eigenvalue weighted by atomic mass is 9.65. The van der Waals surface area contributed by atoms with E-state index in [1.54, 1.807) is 0 Å². The second-order valence-corrected chi connectivity index (χ2v) is 11.4. The van der Waals surface area contributed by atoms with Gasteiger partial charge in [0.25, 0.3) is 0 Å². The van der Waals surface area contributed by atoms with Crippen LogP contribution in [0.1, 0.15) is 66.6 Å². The number of aromatic hydroxyl groups is 1. The summed E-state index contributed by atoms with van der Waals surface area (Å²) in [6, 6.07) is 19.6. The smallest absolute Gasteiger partial charge is 0.230 e. The highest BCUT2D eigenvalue weighted by Crippen LogP contribution is 2.55. The van der Waals surface area contributed by atoms with Crippen LogP contribution in [0.25, 0.3) is 5.69 Å². The van der Waals surface area contributed by atoms with Crippen molar-refractivity contribution in [2.75, 3.05) is 18.6 Å². The summed E-state index contributed by atoms with van der Waals surface area (Å²) in [4.78, 5) is 7.58. The number of anilines is 1. The number of aliphatic hydroxyl groups excluding tert-OH is 2. The molecule has 2 unspecified atom stereocenters. The van der Waals surface area contributed by atoms with Crippen molar-refractivity contribution >= 4 is 16.5 Å². The minimum atomic E-state index is -0.925. The van der Waals surface area contributed by atoms with E-state index < -0.39 is 24.0 Å². The predicted molar refractivity (Wildman–Crippen MR) is 158 cm³/mol. The van der Waals surface area contributed by atoms with Gasteiger partial charge in [-0.25, -0.2) is 4.68 Å². The van der Waals surface area contributed by atoms with Crippen LogP contribution in [0.15, 0.2) is 60.7 Å². The molecule has 9 heteroatoms. The Kier molecular flexibility index (Phi) is 8.73. The van der Waals surface area contributed by atoms with Gasteiger partial charge in [-0.05, 0) is 30.5 Å². The molecule has 0 bridgehead atoms. The van der Waals surface area contributed by atoms with Gasteiger partial charge in [-0.3, -0.25) is 0 Å². The highest BCUT2D eigenvalue weighted by atomic mass is 32.1. The number of hydrogen-bond acceptors (Lipinski definition) is 8.